The fourth-order valence-electron chi connectivity index (χ4n) is 1.57. The predicted octanol–water partition coefficient (Wildman–Crippen LogP) is 1.92. The second-order valence-electron chi connectivity index (χ2n) is 4.46. The Bertz CT molecular complexity index is 113. The normalized spacial score (nSPS) is 14.1. The van der Waals surface area contributed by atoms with E-state index in [-0.39, 0.29) is 0 Å². The molecule has 0 amide bonds. The van der Waals surface area contributed by atoms with E-state index in [1.165, 1.54) is 32.5 Å². The minimum Gasteiger partial charge on any atom is -0.309 e. The second kappa shape index (κ2) is 7.34. The van der Waals surface area contributed by atoms with Crippen molar-refractivity contribution in [1.82, 2.24) is 9.80 Å². The molecule has 0 N–H and O–H groups in total. The maximum Gasteiger partial charge on any atom is 0.000444 e. The van der Waals surface area contributed by atoms with Gasteiger partial charge in [0.1, 0.15) is 0 Å². The highest BCUT2D eigenvalue weighted by Crippen LogP contribution is 2.04. The lowest BCUT2D eigenvalue weighted by Crippen LogP contribution is -2.27. The number of hydrogen-bond donors (Lipinski definition) is 0. The van der Waals surface area contributed by atoms with Crippen LogP contribution in [0.2, 0.25) is 0 Å². The smallest absolute Gasteiger partial charge is 0.000444 e. The second-order valence-corrected chi connectivity index (χ2v) is 4.46. The molecule has 0 saturated carbocycles. The maximum absolute atomic E-state index is 2.43. The lowest BCUT2D eigenvalue weighted by atomic mass is 10.1. The zero-order chi connectivity index (χ0) is 10.3. The molecule has 0 spiro atoms. The van der Waals surface area contributed by atoms with E-state index in [0.717, 1.165) is 5.92 Å². The van der Waals surface area contributed by atoms with Crippen molar-refractivity contribution in [1.29, 1.82) is 0 Å². The Labute approximate surface area is 83.9 Å². The van der Waals surface area contributed by atoms with E-state index in [1.807, 2.05) is 0 Å². The molecule has 2 heteroatoms. The third-order valence-electron chi connectivity index (χ3n) is 2.30. The Morgan fingerprint density at radius 3 is 2.15 bits per heavy atom. The summed E-state index contributed by atoms with van der Waals surface area (Å²) in [6, 6.07) is 0. The lowest BCUT2D eigenvalue weighted by Gasteiger charge is -2.21. The summed E-state index contributed by atoms with van der Waals surface area (Å²) in [5.41, 5.74) is 0. The fourth-order valence-corrected chi connectivity index (χ4v) is 1.57. The highest BCUT2D eigenvalue weighted by Gasteiger charge is 2.05. The topological polar surface area (TPSA) is 6.48 Å². The average molecular weight is 186 g/mol. The molecule has 1 atom stereocenters. The Morgan fingerprint density at radius 1 is 1.08 bits per heavy atom. The van der Waals surface area contributed by atoms with Crippen LogP contribution in [0.15, 0.2) is 0 Å². The molecular weight excluding hydrogens is 160 g/mol. The van der Waals surface area contributed by atoms with E-state index in [0.29, 0.717) is 0 Å². The molecule has 80 valence electrons. The SMILES string of the molecule is CCCN(C)C[C@@H](C)CCN(C)C. The molecule has 0 aliphatic carbocycles. The molecule has 0 bridgehead atoms. The van der Waals surface area contributed by atoms with Gasteiger partial charge in [-0.2, -0.15) is 0 Å². The van der Waals surface area contributed by atoms with E-state index in [4.69, 9.17) is 0 Å². The molecule has 0 aromatic carbocycles. The van der Waals surface area contributed by atoms with Crippen molar-refractivity contribution < 1.29 is 0 Å². The van der Waals surface area contributed by atoms with Gasteiger partial charge in [0, 0.05) is 6.54 Å². The van der Waals surface area contributed by atoms with Gasteiger partial charge in [-0.3, -0.25) is 0 Å². The predicted molar refractivity (Wildman–Crippen MR) is 60.1 cm³/mol. The van der Waals surface area contributed by atoms with Crippen LogP contribution < -0.4 is 0 Å². The average Bonchev–Trinajstić information content (AvgIpc) is 2.01. The van der Waals surface area contributed by atoms with Gasteiger partial charge in [0.05, 0.1) is 0 Å². The summed E-state index contributed by atoms with van der Waals surface area (Å²) in [4.78, 5) is 4.69. The van der Waals surface area contributed by atoms with Gasteiger partial charge in [0.15, 0.2) is 0 Å². The summed E-state index contributed by atoms with van der Waals surface area (Å²) in [7, 11) is 6.50. The standard InChI is InChI=1S/C11H26N2/c1-6-8-13(5)10-11(2)7-9-12(3)4/h11H,6-10H2,1-5H3/t11-/m0/s1. The first kappa shape index (κ1) is 12.9. The first-order valence-corrected chi connectivity index (χ1v) is 5.39. The van der Waals surface area contributed by atoms with E-state index in [9.17, 15) is 0 Å². The highest BCUT2D eigenvalue weighted by atomic mass is 15.1. The van der Waals surface area contributed by atoms with Crippen LogP contribution in [0.5, 0.6) is 0 Å². The van der Waals surface area contributed by atoms with Gasteiger partial charge >= 0.3 is 0 Å². The van der Waals surface area contributed by atoms with Gasteiger partial charge in [0.25, 0.3) is 0 Å². The molecule has 0 aliphatic heterocycles. The van der Waals surface area contributed by atoms with E-state index in [2.05, 4.69) is 44.8 Å². The van der Waals surface area contributed by atoms with Crippen molar-refractivity contribution in [3.8, 4) is 0 Å². The van der Waals surface area contributed by atoms with Crippen molar-refractivity contribution in [2.75, 3.05) is 40.8 Å². The van der Waals surface area contributed by atoms with Crippen LogP contribution in [-0.4, -0.2) is 50.6 Å². The lowest BCUT2D eigenvalue weighted by molar-refractivity contribution is 0.261. The largest absolute Gasteiger partial charge is 0.309 e. The molecule has 13 heavy (non-hydrogen) atoms. The molecule has 0 heterocycles. The van der Waals surface area contributed by atoms with Crippen molar-refractivity contribution >= 4 is 0 Å². The molecule has 0 aliphatic rings. The van der Waals surface area contributed by atoms with Gasteiger partial charge in [-0.05, 0) is 53.0 Å². The Morgan fingerprint density at radius 2 is 1.69 bits per heavy atom. The van der Waals surface area contributed by atoms with Gasteiger partial charge in [-0.25, -0.2) is 0 Å². The molecule has 0 aromatic rings. The summed E-state index contributed by atoms with van der Waals surface area (Å²) in [5.74, 6) is 0.818. The Hall–Kier alpha value is -0.0800. The van der Waals surface area contributed by atoms with Crippen molar-refractivity contribution in [2.45, 2.75) is 26.7 Å². The van der Waals surface area contributed by atoms with Crippen LogP contribution in [-0.2, 0) is 0 Å². The first-order chi connectivity index (χ1) is 6.06. The van der Waals surface area contributed by atoms with Gasteiger partial charge in [0.2, 0.25) is 0 Å². The summed E-state index contributed by atoms with van der Waals surface area (Å²) >= 11 is 0. The molecule has 0 saturated heterocycles. The summed E-state index contributed by atoms with van der Waals surface area (Å²) in [6.45, 7) is 8.26. The number of nitrogens with zero attached hydrogens (tertiary/aromatic N) is 2. The monoisotopic (exact) mass is 186 g/mol. The zero-order valence-corrected chi connectivity index (χ0v) is 10.0. The Balaban J connectivity index is 3.43. The fraction of sp³-hybridized carbons (Fsp3) is 1.00. The van der Waals surface area contributed by atoms with Crippen molar-refractivity contribution in [2.24, 2.45) is 5.92 Å². The van der Waals surface area contributed by atoms with Crippen LogP contribution in [0, 0.1) is 5.92 Å². The number of hydrogen-bond acceptors (Lipinski definition) is 2. The molecule has 0 rings (SSSR count). The van der Waals surface area contributed by atoms with Crippen LogP contribution in [0.1, 0.15) is 26.7 Å². The molecule has 0 radical (unpaired) electrons. The van der Waals surface area contributed by atoms with Crippen molar-refractivity contribution in [3.63, 3.8) is 0 Å². The van der Waals surface area contributed by atoms with Gasteiger partial charge in [-0.15, -0.1) is 0 Å². The van der Waals surface area contributed by atoms with E-state index in [1.54, 1.807) is 0 Å². The molecule has 0 unspecified atom stereocenters. The Kier molecular flexibility index (Phi) is 7.29. The number of rotatable bonds is 7. The minimum absolute atomic E-state index is 0.818. The third kappa shape index (κ3) is 8.26. The summed E-state index contributed by atoms with van der Waals surface area (Å²) in [5, 5.41) is 0. The summed E-state index contributed by atoms with van der Waals surface area (Å²) in [6.07, 6.45) is 2.57. The zero-order valence-electron chi connectivity index (χ0n) is 10.0. The highest BCUT2D eigenvalue weighted by molar-refractivity contribution is 4.60. The van der Waals surface area contributed by atoms with Gasteiger partial charge < -0.3 is 9.80 Å². The third-order valence-corrected chi connectivity index (χ3v) is 2.30. The van der Waals surface area contributed by atoms with Crippen LogP contribution in [0.3, 0.4) is 0 Å². The van der Waals surface area contributed by atoms with Gasteiger partial charge in [-0.1, -0.05) is 13.8 Å². The molecule has 0 aromatic heterocycles. The van der Waals surface area contributed by atoms with Crippen LogP contribution in [0.25, 0.3) is 0 Å². The van der Waals surface area contributed by atoms with E-state index >= 15 is 0 Å². The quantitative estimate of drug-likeness (QED) is 0.599. The summed E-state index contributed by atoms with van der Waals surface area (Å²) < 4.78 is 0. The van der Waals surface area contributed by atoms with Crippen LogP contribution >= 0.6 is 0 Å². The molecule has 2 nitrogen and oxygen atoms in total. The molecule has 0 fully saturated rings. The minimum atomic E-state index is 0.818. The maximum atomic E-state index is 2.43. The first-order valence-electron chi connectivity index (χ1n) is 5.39. The van der Waals surface area contributed by atoms with Crippen LogP contribution in [0.4, 0.5) is 0 Å². The molecular formula is C11H26N2. The van der Waals surface area contributed by atoms with E-state index < -0.39 is 0 Å². The van der Waals surface area contributed by atoms with Crippen molar-refractivity contribution in [3.05, 3.63) is 0 Å².